The summed E-state index contributed by atoms with van der Waals surface area (Å²) in [5.41, 5.74) is 2.09. The van der Waals surface area contributed by atoms with Gasteiger partial charge in [0.05, 0.1) is 32.6 Å². The molecule has 3 aromatic carbocycles. The third kappa shape index (κ3) is 3.76. The Balaban J connectivity index is 1.80. The fourth-order valence-corrected chi connectivity index (χ4v) is 3.53. The van der Waals surface area contributed by atoms with Crippen molar-refractivity contribution in [2.45, 2.75) is 0 Å². The molecule has 0 aliphatic carbocycles. The highest BCUT2D eigenvalue weighted by atomic mass is 16.5. The number of nitrogens with one attached hydrogen (secondary N) is 1. The highest BCUT2D eigenvalue weighted by Gasteiger charge is 2.41. The van der Waals surface area contributed by atoms with Crippen molar-refractivity contribution in [2.75, 3.05) is 31.5 Å². The Kier molecular flexibility index (Phi) is 5.81. The molecule has 0 bridgehead atoms. The zero-order valence-corrected chi connectivity index (χ0v) is 17.9. The van der Waals surface area contributed by atoms with E-state index >= 15 is 0 Å². The molecule has 0 atom stereocenters. The van der Waals surface area contributed by atoms with Crippen molar-refractivity contribution in [2.24, 2.45) is 0 Å². The summed E-state index contributed by atoms with van der Waals surface area (Å²) in [6, 6.07) is 21.1. The molecule has 32 heavy (non-hydrogen) atoms. The summed E-state index contributed by atoms with van der Waals surface area (Å²) in [5.74, 6) is 0.668. The lowest BCUT2D eigenvalue weighted by Crippen LogP contribution is -2.32. The Hall–Kier alpha value is -4.26. The molecule has 7 heteroatoms. The van der Waals surface area contributed by atoms with Crippen molar-refractivity contribution in [3.8, 4) is 17.2 Å². The highest BCUT2D eigenvalue weighted by molar-refractivity contribution is 6.46. The largest absolute Gasteiger partial charge is 0.497 e. The number of hydrogen-bond donors (Lipinski definition) is 1. The third-order valence-corrected chi connectivity index (χ3v) is 5.13. The number of nitrogens with zero attached hydrogens (tertiary/aromatic N) is 1. The van der Waals surface area contributed by atoms with Gasteiger partial charge in [-0.3, -0.25) is 9.59 Å². The number of anilines is 2. The van der Waals surface area contributed by atoms with E-state index in [1.807, 2.05) is 18.2 Å². The van der Waals surface area contributed by atoms with Crippen molar-refractivity contribution in [1.82, 2.24) is 0 Å². The first kappa shape index (κ1) is 21.0. The summed E-state index contributed by atoms with van der Waals surface area (Å²) in [7, 11) is 4.59. The van der Waals surface area contributed by atoms with E-state index in [4.69, 9.17) is 14.2 Å². The van der Waals surface area contributed by atoms with Gasteiger partial charge in [-0.15, -0.1) is 0 Å². The first-order valence-corrected chi connectivity index (χ1v) is 9.89. The Labute approximate surface area is 185 Å². The van der Waals surface area contributed by atoms with Crippen LogP contribution in [0.25, 0.3) is 5.57 Å². The van der Waals surface area contributed by atoms with E-state index in [1.54, 1.807) is 61.7 Å². The van der Waals surface area contributed by atoms with Gasteiger partial charge in [0, 0.05) is 11.8 Å². The number of rotatable bonds is 7. The zero-order valence-electron chi connectivity index (χ0n) is 17.9. The second kappa shape index (κ2) is 8.85. The lowest BCUT2D eigenvalue weighted by molar-refractivity contribution is -0.120. The van der Waals surface area contributed by atoms with Crippen molar-refractivity contribution >= 4 is 28.8 Å². The van der Waals surface area contributed by atoms with Gasteiger partial charge < -0.3 is 19.5 Å². The summed E-state index contributed by atoms with van der Waals surface area (Å²) >= 11 is 0. The molecule has 0 saturated carbocycles. The van der Waals surface area contributed by atoms with E-state index in [2.05, 4.69) is 5.32 Å². The zero-order chi connectivity index (χ0) is 22.7. The molecule has 3 aromatic rings. The molecule has 2 amide bonds. The Morgan fingerprint density at radius 1 is 0.719 bits per heavy atom. The van der Waals surface area contributed by atoms with Gasteiger partial charge in [0.2, 0.25) is 0 Å². The van der Waals surface area contributed by atoms with Crippen LogP contribution < -0.4 is 24.4 Å². The molecule has 4 rings (SSSR count). The fourth-order valence-electron chi connectivity index (χ4n) is 3.53. The maximum Gasteiger partial charge on any atom is 0.282 e. The summed E-state index contributed by atoms with van der Waals surface area (Å²) < 4.78 is 15.9. The molecule has 0 aromatic heterocycles. The van der Waals surface area contributed by atoms with E-state index in [0.29, 0.717) is 34.2 Å². The minimum Gasteiger partial charge on any atom is -0.497 e. The highest BCUT2D eigenvalue weighted by Crippen LogP contribution is 2.39. The van der Waals surface area contributed by atoms with Crippen LogP contribution in [-0.2, 0) is 9.59 Å². The van der Waals surface area contributed by atoms with Crippen LogP contribution >= 0.6 is 0 Å². The lowest BCUT2D eigenvalue weighted by atomic mass is 10.0. The molecule has 0 radical (unpaired) electrons. The third-order valence-electron chi connectivity index (χ3n) is 5.13. The average Bonchev–Trinajstić information content (AvgIpc) is 3.08. The van der Waals surface area contributed by atoms with Crippen LogP contribution in [0.3, 0.4) is 0 Å². The minimum absolute atomic E-state index is 0.184. The number of methoxy groups -OCH3 is 3. The molecule has 7 nitrogen and oxygen atoms in total. The summed E-state index contributed by atoms with van der Waals surface area (Å²) in [5, 5.41) is 3.13. The van der Waals surface area contributed by atoms with E-state index in [-0.39, 0.29) is 11.3 Å². The van der Waals surface area contributed by atoms with Crippen molar-refractivity contribution in [3.63, 3.8) is 0 Å². The quantitative estimate of drug-likeness (QED) is 0.569. The number of carbonyl (C=O) groups excluding carboxylic acids is 2. The van der Waals surface area contributed by atoms with E-state index in [1.165, 1.54) is 14.2 Å². The molecular formula is C25H22N2O5. The van der Waals surface area contributed by atoms with Gasteiger partial charge in [-0.05, 0) is 42.0 Å². The van der Waals surface area contributed by atoms with E-state index < -0.39 is 11.8 Å². The first-order valence-electron chi connectivity index (χ1n) is 9.89. The van der Waals surface area contributed by atoms with Gasteiger partial charge in [-0.2, -0.15) is 0 Å². The molecule has 1 N–H and O–H groups in total. The summed E-state index contributed by atoms with van der Waals surface area (Å²) in [4.78, 5) is 28.2. The van der Waals surface area contributed by atoms with Crippen molar-refractivity contribution in [3.05, 3.63) is 84.1 Å². The Morgan fingerprint density at radius 3 is 2.00 bits per heavy atom. The van der Waals surface area contributed by atoms with Gasteiger partial charge in [0.15, 0.2) is 0 Å². The predicted molar refractivity (Wildman–Crippen MR) is 122 cm³/mol. The Morgan fingerprint density at radius 2 is 1.38 bits per heavy atom. The molecule has 0 spiro atoms. The molecule has 1 aliphatic heterocycles. The normalized spacial score (nSPS) is 13.4. The average molecular weight is 430 g/mol. The predicted octanol–water partition coefficient (Wildman–Crippen LogP) is 4.11. The van der Waals surface area contributed by atoms with Crippen LogP contribution in [0.2, 0.25) is 0 Å². The van der Waals surface area contributed by atoms with Gasteiger partial charge >= 0.3 is 0 Å². The van der Waals surface area contributed by atoms with Crippen LogP contribution in [-0.4, -0.2) is 33.1 Å². The number of hydrogen-bond acceptors (Lipinski definition) is 6. The molecule has 0 fully saturated rings. The topological polar surface area (TPSA) is 77.1 Å². The van der Waals surface area contributed by atoms with Crippen LogP contribution in [0.4, 0.5) is 11.4 Å². The minimum atomic E-state index is -0.479. The van der Waals surface area contributed by atoms with Crippen LogP contribution in [0.5, 0.6) is 17.2 Å². The van der Waals surface area contributed by atoms with E-state index in [9.17, 15) is 9.59 Å². The number of ether oxygens (including phenoxy) is 3. The molecule has 162 valence electrons. The van der Waals surface area contributed by atoms with Crippen molar-refractivity contribution < 1.29 is 23.8 Å². The second-order valence-corrected chi connectivity index (χ2v) is 6.95. The number of imide groups is 1. The first-order chi connectivity index (χ1) is 15.6. The second-order valence-electron chi connectivity index (χ2n) is 6.95. The van der Waals surface area contributed by atoms with Gasteiger partial charge in [0.1, 0.15) is 22.9 Å². The molecule has 0 saturated heterocycles. The van der Waals surface area contributed by atoms with E-state index in [0.717, 1.165) is 4.90 Å². The van der Waals surface area contributed by atoms with Crippen LogP contribution in [0.1, 0.15) is 5.56 Å². The van der Waals surface area contributed by atoms with Crippen LogP contribution in [0, 0.1) is 0 Å². The Bertz CT molecular complexity index is 1190. The SMILES string of the molecule is COc1ccc(NC2=C(c3ccccc3)C(=O)N(c3ccc(OC)cc3OC)C2=O)cc1. The van der Waals surface area contributed by atoms with Gasteiger partial charge in [-0.1, -0.05) is 30.3 Å². The van der Waals surface area contributed by atoms with Gasteiger partial charge in [-0.25, -0.2) is 4.90 Å². The van der Waals surface area contributed by atoms with Crippen LogP contribution in [0.15, 0.2) is 78.5 Å². The fraction of sp³-hybridized carbons (Fsp3) is 0.120. The maximum absolute atomic E-state index is 13.5. The summed E-state index contributed by atoms with van der Waals surface area (Å²) in [6.07, 6.45) is 0. The number of carbonyl (C=O) groups is 2. The smallest absolute Gasteiger partial charge is 0.282 e. The standard InChI is InChI=1S/C25H22N2O5/c1-30-18-11-9-17(10-12-18)26-23-22(16-7-5-4-6-8-16)24(28)27(25(23)29)20-14-13-19(31-2)15-21(20)32-3/h4-15,26H,1-3H3. The lowest BCUT2D eigenvalue weighted by Gasteiger charge is -2.19. The molecule has 1 aliphatic rings. The van der Waals surface area contributed by atoms with Crippen molar-refractivity contribution in [1.29, 1.82) is 0 Å². The number of benzene rings is 3. The molecule has 1 heterocycles. The van der Waals surface area contributed by atoms with Gasteiger partial charge in [0.25, 0.3) is 11.8 Å². The molecular weight excluding hydrogens is 408 g/mol. The number of amides is 2. The molecule has 0 unspecified atom stereocenters. The monoisotopic (exact) mass is 430 g/mol. The maximum atomic E-state index is 13.5. The summed E-state index contributed by atoms with van der Waals surface area (Å²) in [6.45, 7) is 0.